The Morgan fingerprint density at radius 1 is 1.31 bits per heavy atom. The molecule has 9 heteroatoms. The van der Waals surface area contributed by atoms with E-state index >= 15 is 0 Å². The fourth-order valence-corrected chi connectivity index (χ4v) is 3.00. The molecule has 2 aromatic rings. The Balaban J connectivity index is 1.81. The van der Waals surface area contributed by atoms with Crippen molar-refractivity contribution in [1.82, 2.24) is 10.2 Å². The second-order valence-corrected chi connectivity index (χ2v) is 6.19. The number of imide groups is 1. The molecule has 0 fully saturated rings. The Labute approximate surface area is 165 Å². The highest BCUT2D eigenvalue weighted by atomic mass is 19.1. The quantitative estimate of drug-likeness (QED) is 0.564. The van der Waals surface area contributed by atoms with Crippen molar-refractivity contribution >= 4 is 23.4 Å². The van der Waals surface area contributed by atoms with E-state index in [1.807, 2.05) is 6.07 Å². The van der Waals surface area contributed by atoms with Gasteiger partial charge < -0.3 is 15.8 Å². The molecule has 2 aromatic carbocycles. The van der Waals surface area contributed by atoms with E-state index in [1.165, 1.54) is 18.2 Å². The number of fused-ring (bicyclic) bond motifs is 1. The van der Waals surface area contributed by atoms with Crippen molar-refractivity contribution in [2.24, 2.45) is 0 Å². The van der Waals surface area contributed by atoms with Crippen LogP contribution >= 0.6 is 0 Å². The first kappa shape index (κ1) is 20.0. The summed E-state index contributed by atoms with van der Waals surface area (Å²) in [6.07, 6.45) is -1.56. The van der Waals surface area contributed by atoms with Gasteiger partial charge in [0.1, 0.15) is 5.82 Å². The third-order valence-electron chi connectivity index (χ3n) is 4.41. The van der Waals surface area contributed by atoms with Crippen molar-refractivity contribution in [3.63, 3.8) is 0 Å². The van der Waals surface area contributed by atoms with Gasteiger partial charge in [-0.3, -0.25) is 14.4 Å². The number of rotatable bonds is 6. The van der Waals surface area contributed by atoms with Gasteiger partial charge in [0.15, 0.2) is 0 Å². The Bertz CT molecular complexity index is 1050. The first-order valence-corrected chi connectivity index (χ1v) is 8.73. The predicted molar refractivity (Wildman–Crippen MR) is 99.7 cm³/mol. The van der Waals surface area contributed by atoms with Crippen LogP contribution in [0.1, 0.15) is 38.8 Å². The normalized spacial score (nSPS) is 13.8. The molecule has 29 heavy (non-hydrogen) atoms. The van der Waals surface area contributed by atoms with Crippen LogP contribution in [-0.2, 0) is 16.1 Å². The lowest BCUT2D eigenvalue weighted by Gasteiger charge is -2.25. The number of halogens is 1. The highest BCUT2D eigenvalue weighted by Gasteiger charge is 2.44. The maximum absolute atomic E-state index is 14.0. The highest BCUT2D eigenvalue weighted by molar-refractivity contribution is 6.22. The summed E-state index contributed by atoms with van der Waals surface area (Å²) in [5.41, 5.74) is 6.58. The van der Waals surface area contributed by atoms with Gasteiger partial charge in [0.05, 0.1) is 22.8 Å². The van der Waals surface area contributed by atoms with Crippen molar-refractivity contribution in [3.05, 3.63) is 64.5 Å². The summed E-state index contributed by atoms with van der Waals surface area (Å²) in [5, 5.41) is 11.4. The Kier molecular flexibility index (Phi) is 5.57. The van der Waals surface area contributed by atoms with Gasteiger partial charge in [-0.1, -0.05) is 12.1 Å². The van der Waals surface area contributed by atoms with Gasteiger partial charge in [-0.05, 0) is 36.8 Å². The largest absolute Gasteiger partial charge is 0.398 e. The number of carbonyl (C=O) groups is 3. The minimum Gasteiger partial charge on any atom is -0.398 e. The van der Waals surface area contributed by atoms with Crippen molar-refractivity contribution < 1.29 is 23.5 Å². The summed E-state index contributed by atoms with van der Waals surface area (Å²) >= 11 is 0. The number of nitrogen functional groups attached to an aromatic ring is 1. The molecular formula is C20H17FN4O4. The standard InChI is InChI=1S/C20H17FN4O4/c1-2-29-20(17(26)24-10-12-7-6-11(9-22)8-15(12)23)25-18(27)13-4-3-5-14(21)16(13)19(25)28/h3-8,20H,2,10,23H2,1H3,(H,24,26)/t20-/m0/s1. The third-order valence-corrected chi connectivity index (χ3v) is 4.41. The minimum atomic E-state index is -1.56. The lowest BCUT2D eigenvalue weighted by molar-refractivity contribution is -0.140. The van der Waals surface area contributed by atoms with E-state index in [2.05, 4.69) is 5.32 Å². The molecule has 1 aliphatic rings. The zero-order valence-electron chi connectivity index (χ0n) is 15.4. The lowest BCUT2D eigenvalue weighted by atomic mass is 10.1. The fourth-order valence-electron chi connectivity index (χ4n) is 3.00. The van der Waals surface area contributed by atoms with E-state index in [-0.39, 0.29) is 24.3 Å². The number of amides is 3. The molecule has 148 valence electrons. The third kappa shape index (κ3) is 3.66. The van der Waals surface area contributed by atoms with Gasteiger partial charge in [-0.25, -0.2) is 9.29 Å². The number of nitrogens with one attached hydrogen (secondary N) is 1. The fraction of sp³-hybridized carbons (Fsp3) is 0.200. The Hall–Kier alpha value is -3.77. The monoisotopic (exact) mass is 396 g/mol. The van der Waals surface area contributed by atoms with Crippen LogP contribution in [0.25, 0.3) is 0 Å². The number of carbonyl (C=O) groups excluding carboxylic acids is 3. The zero-order valence-corrected chi connectivity index (χ0v) is 15.4. The molecule has 0 bridgehead atoms. The molecule has 8 nitrogen and oxygen atoms in total. The SMILES string of the molecule is CCO[C@@H](C(=O)NCc1ccc(C#N)cc1N)N1C(=O)c2cccc(F)c2C1=O. The van der Waals surface area contributed by atoms with Crippen molar-refractivity contribution in [2.75, 3.05) is 12.3 Å². The van der Waals surface area contributed by atoms with Crippen LogP contribution in [0, 0.1) is 17.1 Å². The van der Waals surface area contributed by atoms with Crippen LogP contribution in [0.4, 0.5) is 10.1 Å². The van der Waals surface area contributed by atoms with Crippen LogP contribution in [0.3, 0.4) is 0 Å². The molecule has 0 aromatic heterocycles. The van der Waals surface area contributed by atoms with E-state index in [0.29, 0.717) is 21.7 Å². The van der Waals surface area contributed by atoms with Crippen molar-refractivity contribution in [3.8, 4) is 6.07 Å². The van der Waals surface area contributed by atoms with Crippen molar-refractivity contribution in [2.45, 2.75) is 19.7 Å². The van der Waals surface area contributed by atoms with Gasteiger partial charge >= 0.3 is 0 Å². The summed E-state index contributed by atoms with van der Waals surface area (Å²) in [4.78, 5) is 38.5. The topological polar surface area (TPSA) is 126 Å². The molecule has 3 rings (SSSR count). The second kappa shape index (κ2) is 8.08. The van der Waals surface area contributed by atoms with Gasteiger partial charge in [0.25, 0.3) is 17.7 Å². The molecule has 0 unspecified atom stereocenters. The number of hydrogen-bond donors (Lipinski definition) is 2. The first-order chi connectivity index (χ1) is 13.9. The van der Waals surface area contributed by atoms with Crippen molar-refractivity contribution in [1.29, 1.82) is 5.26 Å². The average Bonchev–Trinajstić information content (AvgIpc) is 2.96. The minimum absolute atomic E-state index is 0.0164. The van der Waals surface area contributed by atoms with Crippen LogP contribution in [0.5, 0.6) is 0 Å². The molecule has 0 saturated carbocycles. The molecule has 0 spiro atoms. The Morgan fingerprint density at radius 3 is 2.69 bits per heavy atom. The second-order valence-electron chi connectivity index (χ2n) is 6.19. The molecule has 3 amide bonds. The molecule has 1 atom stereocenters. The van der Waals surface area contributed by atoms with Gasteiger partial charge in [0.2, 0.25) is 6.23 Å². The summed E-state index contributed by atoms with van der Waals surface area (Å²) in [5.74, 6) is -3.35. The van der Waals surface area contributed by atoms with E-state index in [9.17, 15) is 18.8 Å². The van der Waals surface area contributed by atoms with E-state index in [1.54, 1.807) is 19.1 Å². The summed E-state index contributed by atoms with van der Waals surface area (Å²) in [6.45, 7) is 1.61. The van der Waals surface area contributed by atoms with E-state index < -0.39 is 29.8 Å². The predicted octanol–water partition coefficient (Wildman–Crippen LogP) is 1.55. The summed E-state index contributed by atoms with van der Waals surface area (Å²) < 4.78 is 19.4. The molecule has 1 aliphatic heterocycles. The van der Waals surface area contributed by atoms with E-state index in [0.717, 1.165) is 6.07 Å². The van der Waals surface area contributed by atoms with E-state index in [4.69, 9.17) is 15.7 Å². The number of nitriles is 1. The number of nitrogens with zero attached hydrogens (tertiary/aromatic N) is 2. The number of anilines is 1. The van der Waals surface area contributed by atoms with Gasteiger partial charge in [-0.15, -0.1) is 0 Å². The molecule has 1 heterocycles. The summed E-state index contributed by atoms with van der Waals surface area (Å²) in [7, 11) is 0. The number of ether oxygens (including phenoxy) is 1. The van der Waals surface area contributed by atoms with Gasteiger partial charge in [0, 0.05) is 18.8 Å². The van der Waals surface area contributed by atoms with Crippen LogP contribution in [-0.4, -0.2) is 35.5 Å². The summed E-state index contributed by atoms with van der Waals surface area (Å²) in [6, 6.07) is 10.2. The smallest absolute Gasteiger partial charge is 0.271 e. The number of nitrogens with two attached hydrogens (primary N) is 1. The number of hydrogen-bond acceptors (Lipinski definition) is 6. The maximum atomic E-state index is 14.0. The van der Waals surface area contributed by atoms with Crippen LogP contribution in [0.15, 0.2) is 36.4 Å². The number of benzene rings is 2. The molecule has 3 N–H and O–H groups in total. The highest BCUT2D eigenvalue weighted by Crippen LogP contribution is 2.27. The molecular weight excluding hydrogens is 379 g/mol. The Morgan fingerprint density at radius 2 is 2.07 bits per heavy atom. The molecule has 0 aliphatic carbocycles. The molecule has 0 saturated heterocycles. The first-order valence-electron chi connectivity index (χ1n) is 8.73. The zero-order chi connectivity index (χ0) is 21.1. The van der Waals surface area contributed by atoms with Crippen LogP contribution < -0.4 is 11.1 Å². The maximum Gasteiger partial charge on any atom is 0.271 e. The average molecular weight is 396 g/mol. The molecule has 0 radical (unpaired) electrons. The van der Waals surface area contributed by atoms with Gasteiger partial charge in [-0.2, -0.15) is 5.26 Å². The van der Waals surface area contributed by atoms with Crippen LogP contribution in [0.2, 0.25) is 0 Å². The lowest BCUT2D eigenvalue weighted by Crippen LogP contribution is -2.51.